The first-order chi connectivity index (χ1) is 7.35. The zero-order valence-corrected chi connectivity index (χ0v) is 10.0. The second kappa shape index (κ2) is 5.16. The number of likely N-dealkylation sites (N-methyl/N-ethyl adjacent to an activating group) is 1. The molecule has 0 aliphatic heterocycles. The van der Waals surface area contributed by atoms with Crippen LogP contribution in [0.25, 0.3) is 0 Å². The molecule has 0 bridgehead atoms. The van der Waals surface area contributed by atoms with Crippen molar-refractivity contribution >= 4 is 11.3 Å². The summed E-state index contributed by atoms with van der Waals surface area (Å²) in [6.45, 7) is 1.13. The molecule has 1 unspecified atom stereocenters. The minimum absolute atomic E-state index is 0.188. The Morgan fingerprint density at radius 3 is 2.50 bits per heavy atom. The molecule has 1 rings (SSSR count). The number of hydrogen-bond donors (Lipinski definition) is 1. The number of nitrogens with two attached hydrogens (primary N) is 1. The molecule has 1 heterocycles. The molecule has 1 atom stereocenters. The van der Waals surface area contributed by atoms with Gasteiger partial charge in [-0.25, -0.2) is 0 Å². The third-order valence-corrected chi connectivity index (χ3v) is 3.51. The van der Waals surface area contributed by atoms with E-state index in [9.17, 15) is 13.2 Å². The van der Waals surface area contributed by atoms with Gasteiger partial charge in [-0.1, -0.05) is 0 Å². The van der Waals surface area contributed by atoms with Crippen LogP contribution in [0.1, 0.15) is 16.5 Å². The second-order valence-corrected chi connectivity index (χ2v) is 4.70. The van der Waals surface area contributed by atoms with Crippen LogP contribution < -0.4 is 5.73 Å². The van der Waals surface area contributed by atoms with E-state index in [4.69, 9.17) is 5.73 Å². The van der Waals surface area contributed by atoms with Crippen molar-refractivity contribution < 1.29 is 13.2 Å². The van der Waals surface area contributed by atoms with Gasteiger partial charge >= 0.3 is 6.18 Å². The molecule has 0 aliphatic rings. The lowest BCUT2D eigenvalue weighted by Crippen LogP contribution is -2.37. The van der Waals surface area contributed by atoms with Gasteiger partial charge in [0, 0.05) is 11.4 Å². The molecule has 2 nitrogen and oxygen atoms in total. The Kier molecular flexibility index (Phi) is 4.35. The topological polar surface area (TPSA) is 29.3 Å². The van der Waals surface area contributed by atoms with Gasteiger partial charge < -0.3 is 5.73 Å². The van der Waals surface area contributed by atoms with Crippen molar-refractivity contribution in [3.8, 4) is 0 Å². The van der Waals surface area contributed by atoms with Crippen molar-refractivity contribution in [3.05, 3.63) is 21.9 Å². The first kappa shape index (κ1) is 13.5. The number of hydrogen-bond acceptors (Lipinski definition) is 3. The van der Waals surface area contributed by atoms with Crippen LogP contribution in [0.4, 0.5) is 13.2 Å². The summed E-state index contributed by atoms with van der Waals surface area (Å²) in [6, 6.07) is 1.53. The number of halogens is 3. The summed E-state index contributed by atoms with van der Waals surface area (Å²) in [7, 11) is 1.45. The van der Waals surface area contributed by atoms with Crippen LogP contribution in [0.3, 0.4) is 0 Å². The molecule has 0 radical (unpaired) electrons. The van der Waals surface area contributed by atoms with E-state index in [1.165, 1.54) is 23.3 Å². The van der Waals surface area contributed by atoms with Crippen LogP contribution in [0.2, 0.25) is 0 Å². The smallest absolute Gasteiger partial charge is 0.329 e. The Balaban J connectivity index is 2.79. The summed E-state index contributed by atoms with van der Waals surface area (Å²) in [5, 5.41) is 1.87. The lowest BCUT2D eigenvalue weighted by molar-refractivity contribution is -0.147. The standard InChI is InChI=1S/C10H15F3N2S/c1-7-3-4-16-9(7)8(5-14)15(2)6-10(11,12)13/h3-4,8H,5-6,14H2,1-2H3. The summed E-state index contributed by atoms with van der Waals surface area (Å²) in [5.41, 5.74) is 6.55. The SMILES string of the molecule is Cc1ccsc1C(CN)N(C)CC(F)(F)F. The van der Waals surface area contributed by atoms with Gasteiger partial charge in [-0.3, -0.25) is 4.90 Å². The van der Waals surface area contributed by atoms with Crippen molar-refractivity contribution in [1.29, 1.82) is 0 Å². The highest BCUT2D eigenvalue weighted by molar-refractivity contribution is 7.10. The monoisotopic (exact) mass is 252 g/mol. The van der Waals surface area contributed by atoms with Gasteiger partial charge in [0.05, 0.1) is 12.6 Å². The summed E-state index contributed by atoms with van der Waals surface area (Å²) in [6.07, 6.45) is -4.19. The number of thiophene rings is 1. The number of rotatable bonds is 4. The zero-order chi connectivity index (χ0) is 12.3. The molecule has 92 valence electrons. The molecule has 1 aromatic rings. The van der Waals surface area contributed by atoms with Gasteiger partial charge in [0.25, 0.3) is 0 Å². The minimum atomic E-state index is -4.19. The maximum absolute atomic E-state index is 12.3. The fourth-order valence-electron chi connectivity index (χ4n) is 1.61. The van der Waals surface area contributed by atoms with Gasteiger partial charge in [-0.15, -0.1) is 11.3 Å². The van der Waals surface area contributed by atoms with Crippen molar-refractivity contribution in [2.75, 3.05) is 20.1 Å². The predicted molar refractivity (Wildman–Crippen MR) is 59.5 cm³/mol. The zero-order valence-electron chi connectivity index (χ0n) is 9.21. The van der Waals surface area contributed by atoms with Gasteiger partial charge in [0.15, 0.2) is 0 Å². The average Bonchev–Trinajstić information content (AvgIpc) is 2.50. The molecular weight excluding hydrogens is 237 g/mol. The quantitative estimate of drug-likeness (QED) is 0.892. The van der Waals surface area contributed by atoms with Gasteiger partial charge in [0.1, 0.15) is 0 Å². The molecular formula is C10H15F3N2S. The van der Waals surface area contributed by atoms with Crippen molar-refractivity contribution in [3.63, 3.8) is 0 Å². The van der Waals surface area contributed by atoms with E-state index in [0.717, 1.165) is 10.4 Å². The Morgan fingerprint density at radius 1 is 1.50 bits per heavy atom. The van der Waals surface area contributed by atoms with Crippen molar-refractivity contribution in [2.24, 2.45) is 5.73 Å². The average molecular weight is 252 g/mol. The summed E-state index contributed by atoms with van der Waals surface area (Å²) in [4.78, 5) is 2.16. The number of aryl methyl sites for hydroxylation is 1. The Bertz CT molecular complexity index is 335. The van der Waals surface area contributed by atoms with Gasteiger partial charge in [0.2, 0.25) is 0 Å². The molecule has 0 spiro atoms. The highest BCUT2D eigenvalue weighted by Crippen LogP contribution is 2.29. The molecule has 0 aliphatic carbocycles. The van der Waals surface area contributed by atoms with Crippen LogP contribution in [0.5, 0.6) is 0 Å². The molecule has 0 fully saturated rings. The van der Waals surface area contributed by atoms with Crippen molar-refractivity contribution in [2.45, 2.75) is 19.1 Å². The lowest BCUT2D eigenvalue weighted by Gasteiger charge is -2.27. The summed E-state index contributed by atoms with van der Waals surface area (Å²) < 4.78 is 36.8. The summed E-state index contributed by atoms with van der Waals surface area (Å²) >= 11 is 1.45. The van der Waals surface area contributed by atoms with E-state index in [1.54, 1.807) is 0 Å². The van der Waals surface area contributed by atoms with E-state index >= 15 is 0 Å². The maximum atomic E-state index is 12.3. The second-order valence-electron chi connectivity index (χ2n) is 3.75. The van der Waals surface area contributed by atoms with E-state index in [2.05, 4.69) is 0 Å². The fourth-order valence-corrected chi connectivity index (χ4v) is 2.71. The van der Waals surface area contributed by atoms with E-state index < -0.39 is 12.7 Å². The van der Waals surface area contributed by atoms with E-state index in [1.807, 2.05) is 18.4 Å². The first-order valence-corrected chi connectivity index (χ1v) is 5.74. The lowest BCUT2D eigenvalue weighted by atomic mass is 10.1. The van der Waals surface area contributed by atoms with Crippen molar-refractivity contribution in [1.82, 2.24) is 4.90 Å². The van der Waals surface area contributed by atoms with Crippen LogP contribution >= 0.6 is 11.3 Å². The highest BCUT2D eigenvalue weighted by Gasteiger charge is 2.32. The molecule has 6 heteroatoms. The van der Waals surface area contributed by atoms with Gasteiger partial charge in [-0.2, -0.15) is 13.2 Å². The van der Waals surface area contributed by atoms with Crippen LogP contribution in [-0.2, 0) is 0 Å². The Labute approximate surface area is 96.9 Å². The van der Waals surface area contributed by atoms with Crippen LogP contribution in [0.15, 0.2) is 11.4 Å². The minimum Gasteiger partial charge on any atom is -0.329 e. The molecule has 16 heavy (non-hydrogen) atoms. The third-order valence-electron chi connectivity index (χ3n) is 2.39. The molecule has 2 N–H and O–H groups in total. The molecule has 0 saturated heterocycles. The highest BCUT2D eigenvalue weighted by atomic mass is 32.1. The van der Waals surface area contributed by atoms with Crippen LogP contribution in [-0.4, -0.2) is 31.2 Å². The first-order valence-electron chi connectivity index (χ1n) is 4.86. The largest absolute Gasteiger partial charge is 0.401 e. The fraction of sp³-hybridized carbons (Fsp3) is 0.600. The Morgan fingerprint density at radius 2 is 2.12 bits per heavy atom. The number of alkyl halides is 3. The van der Waals surface area contributed by atoms with Crippen LogP contribution in [0, 0.1) is 6.92 Å². The van der Waals surface area contributed by atoms with E-state index in [-0.39, 0.29) is 12.6 Å². The molecule has 0 saturated carbocycles. The third kappa shape index (κ3) is 3.47. The normalized spacial score (nSPS) is 14.4. The molecule has 0 amide bonds. The van der Waals surface area contributed by atoms with Gasteiger partial charge in [-0.05, 0) is 31.0 Å². The predicted octanol–water partition coefficient (Wildman–Crippen LogP) is 2.55. The Hall–Kier alpha value is -0.590. The number of nitrogens with zero attached hydrogens (tertiary/aromatic N) is 1. The van der Waals surface area contributed by atoms with E-state index in [0.29, 0.717) is 0 Å². The molecule has 1 aromatic heterocycles. The molecule has 0 aromatic carbocycles. The summed E-state index contributed by atoms with van der Waals surface area (Å²) in [5.74, 6) is 0. The maximum Gasteiger partial charge on any atom is 0.401 e.